The van der Waals surface area contributed by atoms with E-state index < -0.39 is 124 Å². The topological polar surface area (TPSA) is 8.81 Å². The largest absolute Gasteiger partial charge is 0.469 e. The molecule has 0 fully saturated rings. The Labute approximate surface area is 305 Å². The third-order valence-electron chi connectivity index (χ3n) is 7.74. The van der Waals surface area contributed by atoms with Gasteiger partial charge < -0.3 is 0 Å². The summed E-state index contributed by atoms with van der Waals surface area (Å²) in [5, 5.41) is 0. The monoisotopic (exact) mass is 1000 g/mol. The molecule has 0 N–H and O–H groups in total. The molecule has 0 aliphatic heterocycles. The van der Waals surface area contributed by atoms with Crippen LogP contribution in [0.3, 0.4) is 0 Å². The molecule has 0 aliphatic carbocycles. The lowest BCUT2D eigenvalue weighted by atomic mass is 9.82. The molecule has 2 nitrogen and oxygen atoms in total. The van der Waals surface area contributed by atoms with Gasteiger partial charge in [-0.1, -0.05) is 0 Å². The maximum atomic E-state index is 14.1. The van der Waals surface area contributed by atoms with Crippen molar-refractivity contribution in [2.75, 3.05) is 0 Å². The third-order valence-corrected chi connectivity index (χ3v) is 7.74. The Kier molecular flexibility index (Phi) is 12.4. The van der Waals surface area contributed by atoms with E-state index in [1.807, 2.05) is 0 Å². The van der Waals surface area contributed by atoms with Crippen LogP contribution in [0.15, 0.2) is 18.7 Å². The molecule has 1 rings (SSSR count). The van der Waals surface area contributed by atoms with Crippen molar-refractivity contribution in [3.63, 3.8) is 0 Å². The summed E-state index contributed by atoms with van der Waals surface area (Å²) in [6, 6.07) is -7.26. The summed E-state index contributed by atoms with van der Waals surface area (Å²) in [6.07, 6.45) is -9.62. The normalized spacial score (nSPS) is 17.0. The SMILES string of the molecule is C[n+]1ccn(C(F)(F)C(F)(F)C(F)(F)C(F)(F)C(F)(F)C(F)(F)C(F)(F)C(F)(F)C(F)(F)C(F)(F)C(F)(F)C(F)(F)C(F)(F)C(F)(F)C(F)(F)C(F)(F)C(F)(F)C(F)(F)F)c1. The first-order valence-corrected chi connectivity index (χ1v) is 13.3. The van der Waals surface area contributed by atoms with Crippen LogP contribution in [0.2, 0.25) is 0 Å². The van der Waals surface area contributed by atoms with Gasteiger partial charge in [0.25, 0.3) is 0 Å². The zero-order valence-electron chi connectivity index (χ0n) is 26.6. The molecule has 0 radical (unpaired) electrons. The first-order valence-electron chi connectivity index (χ1n) is 13.3. The second-order valence-corrected chi connectivity index (χ2v) is 11.7. The molecule has 362 valence electrons. The van der Waals surface area contributed by atoms with Crippen LogP contribution in [0.5, 0.6) is 0 Å². The second-order valence-electron chi connectivity index (χ2n) is 11.7. The van der Waals surface area contributed by atoms with Gasteiger partial charge in [-0.3, -0.25) is 0 Å². The van der Waals surface area contributed by atoms with E-state index >= 15 is 0 Å². The van der Waals surface area contributed by atoms with Gasteiger partial charge >= 0.3 is 107 Å². The third kappa shape index (κ3) is 6.23. The molecule has 0 bridgehead atoms. The molecule has 0 amide bonds. The van der Waals surface area contributed by atoms with E-state index in [1.54, 1.807) is 0 Å². The molecule has 61 heavy (non-hydrogen) atoms. The van der Waals surface area contributed by atoms with Crippen LogP contribution in [0.4, 0.5) is 162 Å². The standard InChI is InChI=1S/C22H6F37N2/c1-60-2-3-61(4-60)22(58,59)20(53,54)18(49,50)16(45,46)14(41,42)12(37,38)10(33,34)8(29,30)6(25,26)5(23,24)7(27,28)9(31,32)11(35,36)13(39,40)15(43,44)17(47,48)19(51,52)21(55,56)57/h2-4H,1H3/q+1. The van der Waals surface area contributed by atoms with Crippen molar-refractivity contribution in [3.8, 4) is 0 Å². The van der Waals surface area contributed by atoms with Crippen molar-refractivity contribution in [1.29, 1.82) is 0 Å². The molecule has 1 aromatic heterocycles. The minimum atomic E-state index is -10.4. The zero-order valence-corrected chi connectivity index (χ0v) is 26.6. The fourth-order valence-electron chi connectivity index (χ4n) is 3.91. The summed E-state index contributed by atoms with van der Waals surface area (Å²) in [7, 11) is 0.456. The molecule has 1 heterocycles. The Hall–Kier alpha value is -3.38. The van der Waals surface area contributed by atoms with E-state index in [4.69, 9.17) is 0 Å². The maximum absolute atomic E-state index is 14.1. The molecular weight excluding hydrogens is 995 g/mol. The average Bonchev–Trinajstić information content (AvgIpc) is 3.49. The van der Waals surface area contributed by atoms with Gasteiger partial charge in [-0.25, -0.2) is 4.57 Å². The van der Waals surface area contributed by atoms with Crippen LogP contribution in [-0.4, -0.2) is 106 Å². The molecule has 0 spiro atoms. The van der Waals surface area contributed by atoms with Crippen LogP contribution in [0.1, 0.15) is 0 Å². The van der Waals surface area contributed by atoms with Crippen molar-refractivity contribution in [3.05, 3.63) is 18.7 Å². The van der Waals surface area contributed by atoms with Crippen LogP contribution in [-0.2, 0) is 13.1 Å². The Bertz CT molecular complexity index is 1750. The number of aryl methyl sites for hydroxylation is 1. The summed E-state index contributed by atoms with van der Waals surface area (Å²) < 4.78 is 505. The number of nitrogens with zero attached hydrogens (tertiary/aromatic N) is 2. The van der Waals surface area contributed by atoms with Gasteiger partial charge in [0.2, 0.25) is 6.33 Å². The summed E-state index contributed by atoms with van der Waals surface area (Å²) in [5.41, 5.74) is 0. The predicted molar refractivity (Wildman–Crippen MR) is 111 cm³/mol. The summed E-state index contributed by atoms with van der Waals surface area (Å²) in [4.78, 5) is 0. The number of hydrogen-bond acceptors (Lipinski definition) is 0. The van der Waals surface area contributed by atoms with Gasteiger partial charge in [0.05, 0.1) is 7.05 Å². The molecule has 39 heteroatoms. The molecule has 0 aromatic carbocycles. The number of aromatic nitrogens is 2. The van der Waals surface area contributed by atoms with Gasteiger partial charge in [0.1, 0.15) is 12.4 Å². The predicted octanol–water partition coefficient (Wildman–Crippen LogP) is 11.6. The van der Waals surface area contributed by atoms with Crippen molar-refractivity contribution in [2.45, 2.75) is 107 Å². The Balaban J connectivity index is 4.10. The summed E-state index contributed by atoms with van der Waals surface area (Å²) in [5.74, 6) is -158. The number of alkyl halides is 37. The second kappa shape index (κ2) is 13.6. The highest BCUT2D eigenvalue weighted by atomic mass is 19.4. The first-order chi connectivity index (χ1) is 25.7. The van der Waals surface area contributed by atoms with E-state index in [0.29, 0.717) is 7.05 Å². The van der Waals surface area contributed by atoms with E-state index in [9.17, 15) is 162 Å². The minimum absolute atomic E-state index is 0.0430. The number of rotatable bonds is 17. The minimum Gasteiger partial charge on any atom is -0.239 e. The van der Waals surface area contributed by atoms with E-state index in [-0.39, 0.29) is 10.8 Å². The highest BCUT2D eigenvalue weighted by molar-refractivity contribution is 5.22. The van der Waals surface area contributed by atoms with Crippen LogP contribution in [0.25, 0.3) is 0 Å². The van der Waals surface area contributed by atoms with Gasteiger partial charge in [0, 0.05) is 0 Å². The van der Waals surface area contributed by atoms with Gasteiger partial charge in [-0.2, -0.15) is 167 Å². The van der Waals surface area contributed by atoms with E-state index in [2.05, 4.69) is 0 Å². The maximum Gasteiger partial charge on any atom is 0.469 e. The highest BCUT2D eigenvalue weighted by Gasteiger charge is 3.03. The van der Waals surface area contributed by atoms with E-state index in [1.165, 1.54) is 0 Å². The van der Waals surface area contributed by atoms with Crippen LogP contribution < -0.4 is 4.57 Å². The Morgan fingerprint density at radius 3 is 0.574 bits per heavy atom. The van der Waals surface area contributed by atoms with Crippen LogP contribution in [0, 0.1) is 0 Å². The number of imidazole rings is 1. The van der Waals surface area contributed by atoms with Crippen molar-refractivity contribution < 1.29 is 167 Å². The lowest BCUT2D eigenvalue weighted by Gasteiger charge is -2.47. The molecule has 1 aromatic rings. The number of halogens is 37. The summed E-state index contributed by atoms with van der Waals surface area (Å²) >= 11 is 0. The Morgan fingerprint density at radius 2 is 0.426 bits per heavy atom. The molecule has 0 atom stereocenters. The van der Waals surface area contributed by atoms with Gasteiger partial charge in [-0.15, -0.1) is 0 Å². The highest BCUT2D eigenvalue weighted by Crippen LogP contribution is 2.70. The average molecular weight is 1000 g/mol. The molecule has 0 saturated carbocycles. The molecule has 0 aliphatic rings. The quantitative estimate of drug-likeness (QED) is 0.109. The zero-order chi connectivity index (χ0) is 50.3. The smallest absolute Gasteiger partial charge is 0.239 e. The van der Waals surface area contributed by atoms with Gasteiger partial charge in [0.15, 0.2) is 0 Å². The molecule has 0 saturated heterocycles. The lowest BCUT2D eigenvalue weighted by molar-refractivity contribution is -0.672. The van der Waals surface area contributed by atoms with E-state index in [0.717, 1.165) is 0 Å². The molecule has 0 unspecified atom stereocenters. The lowest BCUT2D eigenvalue weighted by Crippen LogP contribution is -2.80. The van der Waals surface area contributed by atoms with Gasteiger partial charge in [-0.05, 0) is 0 Å². The molecular formula is C22H6F37N2+. The Morgan fingerprint density at radius 1 is 0.262 bits per heavy atom. The van der Waals surface area contributed by atoms with Crippen LogP contribution >= 0.6 is 0 Å². The number of hydrogen-bond donors (Lipinski definition) is 0. The van der Waals surface area contributed by atoms with Crippen molar-refractivity contribution >= 4 is 0 Å². The van der Waals surface area contributed by atoms with Crippen molar-refractivity contribution in [2.24, 2.45) is 7.05 Å². The fourth-order valence-corrected chi connectivity index (χ4v) is 3.91. The summed E-state index contributed by atoms with van der Waals surface area (Å²) in [6.45, 7) is 0. The van der Waals surface area contributed by atoms with Crippen molar-refractivity contribution in [1.82, 2.24) is 4.57 Å². The fraction of sp³-hybridized carbons (Fsp3) is 0.864. The first kappa shape index (κ1) is 55.6.